The van der Waals surface area contributed by atoms with Crippen molar-refractivity contribution in [3.63, 3.8) is 0 Å². The molecule has 1 heterocycles. The van der Waals surface area contributed by atoms with E-state index < -0.39 is 31.7 Å². The molecule has 0 aliphatic carbocycles. The van der Waals surface area contributed by atoms with Crippen LogP contribution in [0.5, 0.6) is 11.5 Å². The number of piperidine rings is 1. The Morgan fingerprint density at radius 1 is 1.00 bits per heavy atom. The molecule has 1 amide bonds. The number of nitrogens with one attached hydrogen (secondary N) is 1. The number of nitrogens with two attached hydrogens (primary N) is 2. The van der Waals surface area contributed by atoms with E-state index in [0.717, 1.165) is 44.7 Å². The minimum atomic E-state index is -3.79. The van der Waals surface area contributed by atoms with Crippen LogP contribution in [-0.2, 0) is 19.9 Å². The molecule has 1 saturated heterocycles. The van der Waals surface area contributed by atoms with E-state index >= 15 is 0 Å². The van der Waals surface area contributed by atoms with Gasteiger partial charge in [-0.1, -0.05) is 6.42 Å². The van der Waals surface area contributed by atoms with Gasteiger partial charge in [-0.2, -0.15) is 9.71 Å². The number of halogens is 2. The van der Waals surface area contributed by atoms with Gasteiger partial charge in [-0.05, 0) is 75.3 Å². The minimum absolute atomic E-state index is 0. The number of nitrogens with zero attached hydrogens (tertiary/aromatic N) is 2. The number of amides is 1. The first kappa shape index (κ1) is 32.6. The highest BCUT2D eigenvalue weighted by Gasteiger charge is 2.23. The van der Waals surface area contributed by atoms with Gasteiger partial charge in [-0.15, -0.1) is 24.8 Å². The van der Waals surface area contributed by atoms with Crippen molar-refractivity contribution in [3.8, 4) is 11.5 Å². The number of aliphatic imine (C=N–C) groups is 1. The maximum atomic E-state index is 12.8. The summed E-state index contributed by atoms with van der Waals surface area (Å²) in [7, 11) is -7.56. The Hall–Kier alpha value is -2.42. The van der Waals surface area contributed by atoms with Crippen molar-refractivity contribution >= 4 is 56.5 Å². The second-order valence-electron chi connectivity index (χ2n) is 8.24. The second kappa shape index (κ2) is 13.4. The van der Waals surface area contributed by atoms with E-state index in [1.54, 1.807) is 0 Å². The zero-order valence-electron chi connectivity index (χ0n) is 20.3. The highest BCUT2D eigenvalue weighted by Crippen LogP contribution is 2.31. The number of guanidine groups is 1. The van der Waals surface area contributed by atoms with Crippen molar-refractivity contribution in [2.24, 2.45) is 16.5 Å². The Kier molecular flexibility index (Phi) is 11.8. The highest BCUT2D eigenvalue weighted by molar-refractivity contribution is 7.90. The normalized spacial score (nSPS) is 15.0. The lowest BCUT2D eigenvalue weighted by Gasteiger charge is -2.32. The van der Waals surface area contributed by atoms with Crippen LogP contribution in [-0.4, -0.2) is 59.1 Å². The van der Waals surface area contributed by atoms with Crippen LogP contribution in [0.3, 0.4) is 0 Å². The van der Waals surface area contributed by atoms with Crippen LogP contribution in [0.1, 0.15) is 36.5 Å². The summed E-state index contributed by atoms with van der Waals surface area (Å²) in [6.45, 7) is 3.50. The average Bonchev–Trinajstić information content (AvgIpc) is 2.79. The first-order chi connectivity index (χ1) is 16.4. The van der Waals surface area contributed by atoms with E-state index in [0.29, 0.717) is 0 Å². The number of ether oxygens (including phenoxy) is 1. The van der Waals surface area contributed by atoms with Crippen LogP contribution in [0, 0.1) is 0 Å². The third-order valence-corrected chi connectivity index (χ3v) is 8.11. The van der Waals surface area contributed by atoms with E-state index in [9.17, 15) is 21.6 Å². The fourth-order valence-corrected chi connectivity index (χ4v) is 5.73. The van der Waals surface area contributed by atoms with Crippen LogP contribution in [0.25, 0.3) is 0 Å². The molecular formula is C22H31Cl2N5O6S2. The molecule has 206 valence electrons. The Morgan fingerprint density at radius 3 is 2.14 bits per heavy atom. The number of likely N-dealkylation sites (tertiary alicyclic amines) is 1. The number of benzene rings is 2. The molecule has 15 heteroatoms. The van der Waals surface area contributed by atoms with Gasteiger partial charge in [0.25, 0.3) is 5.91 Å². The third-order valence-electron chi connectivity index (χ3n) is 5.45. The molecule has 2 aromatic rings. The van der Waals surface area contributed by atoms with Gasteiger partial charge in [0, 0.05) is 11.8 Å². The molecule has 0 radical (unpaired) electrons. The maximum Gasteiger partial charge on any atom is 0.280 e. The fourth-order valence-electron chi connectivity index (χ4n) is 3.68. The van der Waals surface area contributed by atoms with Crippen molar-refractivity contribution in [1.29, 1.82) is 0 Å². The number of sulfone groups is 1. The van der Waals surface area contributed by atoms with Gasteiger partial charge in [0.15, 0.2) is 15.8 Å². The second-order valence-corrected chi connectivity index (χ2v) is 11.9. The van der Waals surface area contributed by atoms with Crippen LogP contribution in [0.15, 0.2) is 57.2 Å². The first-order valence-electron chi connectivity index (χ1n) is 10.9. The van der Waals surface area contributed by atoms with Gasteiger partial charge in [-0.3, -0.25) is 9.69 Å². The van der Waals surface area contributed by atoms with Crippen molar-refractivity contribution in [2.45, 2.75) is 42.1 Å². The summed E-state index contributed by atoms with van der Waals surface area (Å²) in [5.41, 5.74) is 10.4. The van der Waals surface area contributed by atoms with Gasteiger partial charge < -0.3 is 16.2 Å². The third kappa shape index (κ3) is 8.83. The quantitative estimate of drug-likeness (QED) is 0.305. The highest BCUT2D eigenvalue weighted by atomic mass is 35.5. The SMILES string of the molecule is CC(NS(=O)(=O)c1ccc(Oc2ccc(C(=O)N=C(N)N)cc2S(C)(=O)=O)cc1)N1CCCCC1.Cl.Cl. The summed E-state index contributed by atoms with van der Waals surface area (Å²) in [6, 6.07) is 9.33. The molecule has 1 atom stereocenters. The molecule has 11 nitrogen and oxygen atoms in total. The van der Waals surface area contributed by atoms with E-state index in [-0.39, 0.29) is 57.8 Å². The Bertz CT molecular complexity index is 1330. The predicted molar refractivity (Wildman–Crippen MR) is 146 cm³/mol. The smallest absolute Gasteiger partial charge is 0.280 e. The van der Waals surface area contributed by atoms with E-state index in [1.165, 1.54) is 36.4 Å². The number of hydrogen-bond donors (Lipinski definition) is 3. The lowest BCUT2D eigenvalue weighted by molar-refractivity contribution is 0.100. The number of carbonyl (C=O) groups is 1. The maximum absolute atomic E-state index is 12.8. The minimum Gasteiger partial charge on any atom is -0.456 e. The summed E-state index contributed by atoms with van der Waals surface area (Å²) < 4.78 is 58.6. The summed E-state index contributed by atoms with van der Waals surface area (Å²) >= 11 is 0. The Morgan fingerprint density at radius 2 is 1.59 bits per heavy atom. The zero-order valence-corrected chi connectivity index (χ0v) is 23.6. The molecule has 1 aliphatic rings. The standard InChI is InChI=1S/C22H29N5O6S2.2ClH/c1-15(27-12-4-3-5-13-27)26-35(31,32)18-9-7-17(8-10-18)33-19-11-6-16(21(28)25-22(23)24)14-20(19)34(2,29)30;;/h6-11,14-15,26H,3-5,12-13H2,1-2H3,(H4,23,24,25,28);2*1H. The topological polar surface area (TPSA) is 174 Å². The molecule has 37 heavy (non-hydrogen) atoms. The van der Waals surface area contributed by atoms with E-state index in [2.05, 4.69) is 14.6 Å². The summed E-state index contributed by atoms with van der Waals surface area (Å²) in [5.74, 6) is -1.09. The first-order valence-corrected chi connectivity index (χ1v) is 14.3. The summed E-state index contributed by atoms with van der Waals surface area (Å²) in [5, 5.41) is 0. The lowest BCUT2D eigenvalue weighted by Crippen LogP contribution is -2.48. The Labute approximate surface area is 229 Å². The average molecular weight is 597 g/mol. The molecule has 5 N–H and O–H groups in total. The molecule has 1 unspecified atom stereocenters. The summed E-state index contributed by atoms with van der Waals surface area (Å²) in [6.07, 6.45) is 3.85. The van der Waals surface area contributed by atoms with Crippen LogP contribution < -0.4 is 20.9 Å². The molecule has 2 aromatic carbocycles. The zero-order chi connectivity index (χ0) is 25.8. The van der Waals surface area contributed by atoms with Gasteiger partial charge in [0.2, 0.25) is 10.0 Å². The summed E-state index contributed by atoms with van der Waals surface area (Å²) in [4.78, 5) is 17.4. The predicted octanol–water partition coefficient (Wildman–Crippen LogP) is 2.25. The van der Waals surface area contributed by atoms with Crippen molar-refractivity contribution in [1.82, 2.24) is 9.62 Å². The van der Waals surface area contributed by atoms with Crippen molar-refractivity contribution < 1.29 is 26.4 Å². The number of rotatable bonds is 8. The van der Waals surface area contributed by atoms with Gasteiger partial charge in [0.1, 0.15) is 16.4 Å². The number of hydrogen-bond acceptors (Lipinski definition) is 7. The number of carbonyl (C=O) groups excluding carboxylic acids is 1. The molecule has 3 rings (SSSR count). The van der Waals surface area contributed by atoms with Gasteiger partial charge in [-0.25, -0.2) is 16.8 Å². The Balaban J connectivity index is 0.00000342. The van der Waals surface area contributed by atoms with Gasteiger partial charge >= 0.3 is 0 Å². The van der Waals surface area contributed by atoms with Crippen LogP contribution in [0.2, 0.25) is 0 Å². The molecule has 1 aliphatic heterocycles. The van der Waals surface area contributed by atoms with E-state index in [1.807, 2.05) is 6.92 Å². The van der Waals surface area contributed by atoms with Crippen molar-refractivity contribution in [3.05, 3.63) is 48.0 Å². The molecule has 0 spiro atoms. The molecule has 1 fully saturated rings. The lowest BCUT2D eigenvalue weighted by atomic mass is 10.1. The molecule has 0 saturated carbocycles. The van der Waals surface area contributed by atoms with Crippen LogP contribution >= 0.6 is 24.8 Å². The van der Waals surface area contributed by atoms with Crippen molar-refractivity contribution in [2.75, 3.05) is 19.3 Å². The monoisotopic (exact) mass is 595 g/mol. The molecule has 0 aromatic heterocycles. The number of sulfonamides is 1. The van der Waals surface area contributed by atoms with Gasteiger partial charge in [0.05, 0.1) is 11.1 Å². The largest absolute Gasteiger partial charge is 0.456 e. The van der Waals surface area contributed by atoms with E-state index in [4.69, 9.17) is 16.2 Å². The van der Waals surface area contributed by atoms with Crippen LogP contribution in [0.4, 0.5) is 0 Å². The molecular weight excluding hydrogens is 565 g/mol. The fraction of sp³-hybridized carbons (Fsp3) is 0.364. The molecule has 0 bridgehead atoms.